The fourth-order valence-electron chi connectivity index (χ4n) is 4.89. The zero-order chi connectivity index (χ0) is 15.9. The molecule has 1 amide bonds. The minimum atomic E-state index is -0.301. The molecule has 4 rings (SSSR count). The van der Waals surface area contributed by atoms with E-state index in [0.717, 1.165) is 43.0 Å². The Morgan fingerprint density at radius 1 is 1.08 bits per heavy atom. The first kappa shape index (κ1) is 18.2. The lowest BCUT2D eigenvalue weighted by atomic mass is 9.77. The third-order valence-electron chi connectivity index (χ3n) is 6.10. The Morgan fingerprint density at radius 2 is 1.67 bits per heavy atom. The van der Waals surface area contributed by atoms with E-state index in [4.69, 9.17) is 0 Å². The van der Waals surface area contributed by atoms with Gasteiger partial charge in [0.25, 0.3) is 0 Å². The maximum atomic E-state index is 13.2. The largest absolute Gasteiger partial charge is 0.352 e. The van der Waals surface area contributed by atoms with E-state index in [1.807, 2.05) is 0 Å². The Labute approximate surface area is 158 Å². The lowest BCUT2D eigenvalue weighted by molar-refractivity contribution is -0.127. The molecule has 1 aromatic carbocycles. The summed E-state index contributed by atoms with van der Waals surface area (Å²) in [5, 5.41) is 7.08. The first-order chi connectivity index (χ1) is 11.2. The Morgan fingerprint density at radius 3 is 2.25 bits per heavy atom. The number of carbonyl (C=O) groups excluding carboxylic acids is 1. The summed E-state index contributed by atoms with van der Waals surface area (Å²) in [6.45, 7) is 0. The van der Waals surface area contributed by atoms with Gasteiger partial charge >= 0.3 is 0 Å². The van der Waals surface area contributed by atoms with Crippen molar-refractivity contribution in [3.8, 4) is 0 Å². The molecule has 3 aliphatic rings. The Kier molecular flexibility index (Phi) is 5.58. The van der Waals surface area contributed by atoms with Gasteiger partial charge in [-0.2, -0.15) is 0 Å². The van der Waals surface area contributed by atoms with Crippen LogP contribution in [0.1, 0.15) is 56.9 Å². The van der Waals surface area contributed by atoms with Crippen molar-refractivity contribution in [3.05, 3.63) is 34.3 Å². The number of hydrogen-bond donors (Lipinski definition) is 2. The predicted octanol–water partition coefficient (Wildman–Crippen LogP) is 4.08. The quantitative estimate of drug-likeness (QED) is 0.784. The second kappa shape index (κ2) is 7.35. The Hall–Kier alpha value is -0.580. The average molecular weight is 414 g/mol. The van der Waals surface area contributed by atoms with Crippen LogP contribution >= 0.6 is 28.3 Å². The van der Waals surface area contributed by atoms with E-state index in [1.165, 1.54) is 18.4 Å². The topological polar surface area (TPSA) is 41.1 Å². The number of halogens is 2. The number of hydrogen-bond acceptors (Lipinski definition) is 2. The molecule has 2 saturated heterocycles. The molecule has 3 fully saturated rings. The smallest absolute Gasteiger partial charge is 0.230 e. The maximum Gasteiger partial charge on any atom is 0.230 e. The first-order valence-corrected chi connectivity index (χ1v) is 9.78. The van der Waals surface area contributed by atoms with Crippen LogP contribution in [0, 0.1) is 0 Å². The molecule has 5 heteroatoms. The number of carbonyl (C=O) groups is 1. The van der Waals surface area contributed by atoms with E-state index in [9.17, 15) is 4.79 Å². The van der Waals surface area contributed by atoms with Crippen LogP contribution in [-0.2, 0) is 10.2 Å². The maximum absolute atomic E-state index is 13.2. The van der Waals surface area contributed by atoms with Crippen LogP contribution < -0.4 is 10.6 Å². The van der Waals surface area contributed by atoms with Gasteiger partial charge < -0.3 is 10.6 Å². The summed E-state index contributed by atoms with van der Waals surface area (Å²) in [5.41, 5.74) is 0.887. The summed E-state index contributed by atoms with van der Waals surface area (Å²) in [6, 6.07) is 9.97. The molecule has 24 heavy (non-hydrogen) atoms. The van der Waals surface area contributed by atoms with Crippen molar-refractivity contribution in [2.45, 2.75) is 74.9 Å². The number of piperidine rings is 1. The predicted molar refractivity (Wildman–Crippen MR) is 103 cm³/mol. The summed E-state index contributed by atoms with van der Waals surface area (Å²) in [5.74, 6) is 0.267. The van der Waals surface area contributed by atoms with E-state index < -0.39 is 0 Å². The molecule has 0 aromatic heterocycles. The van der Waals surface area contributed by atoms with Gasteiger partial charge in [0.2, 0.25) is 5.91 Å². The highest BCUT2D eigenvalue weighted by atomic mass is 79.9. The van der Waals surface area contributed by atoms with Gasteiger partial charge in [-0.15, -0.1) is 12.4 Å². The van der Waals surface area contributed by atoms with Gasteiger partial charge in [0, 0.05) is 22.6 Å². The number of amides is 1. The number of nitrogens with one attached hydrogen (secondary N) is 2. The molecule has 3 nitrogen and oxygen atoms in total. The molecular weight excluding hydrogens is 388 g/mol. The van der Waals surface area contributed by atoms with Crippen LogP contribution in [-0.4, -0.2) is 24.0 Å². The number of fused-ring (bicyclic) bond motifs is 2. The highest BCUT2D eigenvalue weighted by Gasteiger charge is 2.44. The standard InChI is InChI=1S/C19H25BrN2O.ClH/c20-14-5-3-13(4-6-14)19(9-1-2-10-19)18(23)22-17-11-15-7-8-16(12-17)21-15;/h3-6,15-17,21H,1-2,7-12H2,(H,22,23);1H. The zero-order valence-electron chi connectivity index (χ0n) is 13.9. The minimum absolute atomic E-state index is 0. The van der Waals surface area contributed by atoms with Crippen LogP contribution in [0.4, 0.5) is 0 Å². The van der Waals surface area contributed by atoms with Crippen molar-refractivity contribution >= 4 is 34.2 Å². The van der Waals surface area contributed by atoms with Crippen LogP contribution in [0.3, 0.4) is 0 Å². The summed E-state index contributed by atoms with van der Waals surface area (Å²) < 4.78 is 1.07. The summed E-state index contributed by atoms with van der Waals surface area (Å²) >= 11 is 3.50. The Bertz CT molecular complexity index is 574. The lowest BCUT2D eigenvalue weighted by Gasteiger charge is -2.34. The number of rotatable bonds is 3. The SMILES string of the molecule is Cl.O=C(NC1CC2CCC(C1)N2)C1(c2ccc(Br)cc2)CCCC1. The highest BCUT2D eigenvalue weighted by molar-refractivity contribution is 9.10. The van der Waals surface area contributed by atoms with Gasteiger partial charge in [0.15, 0.2) is 0 Å². The second-order valence-corrected chi connectivity index (χ2v) is 8.49. The molecule has 2 atom stereocenters. The van der Waals surface area contributed by atoms with E-state index in [-0.39, 0.29) is 23.7 Å². The first-order valence-electron chi connectivity index (χ1n) is 8.99. The van der Waals surface area contributed by atoms with Gasteiger partial charge in [0.1, 0.15) is 0 Å². The molecule has 2 bridgehead atoms. The normalized spacial score (nSPS) is 30.6. The van der Waals surface area contributed by atoms with E-state index in [0.29, 0.717) is 18.1 Å². The zero-order valence-corrected chi connectivity index (χ0v) is 16.3. The monoisotopic (exact) mass is 412 g/mol. The Balaban J connectivity index is 0.00000169. The van der Waals surface area contributed by atoms with Crippen molar-refractivity contribution in [1.82, 2.24) is 10.6 Å². The van der Waals surface area contributed by atoms with Gasteiger partial charge in [0.05, 0.1) is 5.41 Å². The molecule has 2 aliphatic heterocycles. The van der Waals surface area contributed by atoms with Crippen molar-refractivity contribution in [3.63, 3.8) is 0 Å². The molecule has 2 heterocycles. The second-order valence-electron chi connectivity index (χ2n) is 7.58. The molecule has 132 valence electrons. The fraction of sp³-hybridized carbons (Fsp3) is 0.632. The van der Waals surface area contributed by atoms with Crippen LogP contribution in [0.5, 0.6) is 0 Å². The molecule has 0 spiro atoms. The fourth-order valence-corrected chi connectivity index (χ4v) is 5.16. The van der Waals surface area contributed by atoms with Gasteiger partial charge in [-0.3, -0.25) is 4.79 Å². The lowest BCUT2D eigenvalue weighted by Crippen LogP contribution is -2.52. The van der Waals surface area contributed by atoms with Gasteiger partial charge in [-0.05, 0) is 56.2 Å². The van der Waals surface area contributed by atoms with Crippen LogP contribution in [0.15, 0.2) is 28.7 Å². The van der Waals surface area contributed by atoms with Crippen LogP contribution in [0.2, 0.25) is 0 Å². The van der Waals surface area contributed by atoms with Gasteiger partial charge in [-0.1, -0.05) is 40.9 Å². The molecule has 1 aliphatic carbocycles. The molecule has 2 N–H and O–H groups in total. The summed E-state index contributed by atoms with van der Waals surface area (Å²) in [4.78, 5) is 13.2. The van der Waals surface area contributed by atoms with Crippen molar-refractivity contribution < 1.29 is 4.79 Å². The van der Waals surface area contributed by atoms with E-state index in [2.05, 4.69) is 50.8 Å². The van der Waals surface area contributed by atoms with Crippen molar-refractivity contribution in [2.24, 2.45) is 0 Å². The molecule has 0 radical (unpaired) electrons. The number of benzene rings is 1. The van der Waals surface area contributed by atoms with E-state index >= 15 is 0 Å². The summed E-state index contributed by atoms with van der Waals surface area (Å²) in [7, 11) is 0. The average Bonchev–Trinajstić information content (AvgIpc) is 3.16. The van der Waals surface area contributed by atoms with E-state index in [1.54, 1.807) is 0 Å². The molecule has 1 aromatic rings. The van der Waals surface area contributed by atoms with Gasteiger partial charge in [-0.25, -0.2) is 0 Å². The molecule has 2 unspecified atom stereocenters. The molecular formula is C19H26BrClN2O. The summed E-state index contributed by atoms with van der Waals surface area (Å²) in [6.07, 6.45) is 9.01. The van der Waals surface area contributed by atoms with Crippen LogP contribution in [0.25, 0.3) is 0 Å². The highest BCUT2D eigenvalue weighted by Crippen LogP contribution is 2.42. The third-order valence-corrected chi connectivity index (χ3v) is 6.63. The van der Waals surface area contributed by atoms with Crippen molar-refractivity contribution in [2.75, 3.05) is 0 Å². The minimum Gasteiger partial charge on any atom is -0.352 e. The molecule has 1 saturated carbocycles. The third kappa shape index (κ3) is 3.38. The van der Waals surface area contributed by atoms with Crippen molar-refractivity contribution in [1.29, 1.82) is 0 Å².